The normalized spacial score (nSPS) is 19.0. The van der Waals surface area contributed by atoms with Crippen LogP contribution < -0.4 is 4.90 Å². The number of hydrogen-bond donors (Lipinski definition) is 0. The largest absolute Gasteiger partial charge is 0.369 e. The molecule has 0 radical (unpaired) electrons. The van der Waals surface area contributed by atoms with Gasteiger partial charge < -0.3 is 9.80 Å². The molecule has 1 aliphatic heterocycles. The Balaban J connectivity index is 1.84. The molecule has 0 aliphatic carbocycles. The standard InChI is InChI=1S/C15H22N6/c1-19(2)9-8-14(21-17-11-16-18-21)15-10-12-6-4-5-7-13(12)20(15)3/h4-7,11,14-15H,8-10H2,1-3H3. The van der Waals surface area contributed by atoms with Crippen LogP contribution in [0.1, 0.15) is 18.0 Å². The Morgan fingerprint density at radius 3 is 2.81 bits per heavy atom. The van der Waals surface area contributed by atoms with E-state index >= 15 is 0 Å². The molecular weight excluding hydrogens is 264 g/mol. The van der Waals surface area contributed by atoms with E-state index in [4.69, 9.17) is 0 Å². The van der Waals surface area contributed by atoms with Gasteiger partial charge in [-0.15, -0.1) is 10.2 Å². The van der Waals surface area contributed by atoms with E-state index in [1.807, 2.05) is 0 Å². The number of rotatable bonds is 5. The first-order chi connectivity index (χ1) is 10.2. The highest BCUT2D eigenvalue weighted by Crippen LogP contribution is 2.36. The number of anilines is 1. The third-order valence-corrected chi connectivity index (χ3v) is 4.28. The van der Waals surface area contributed by atoms with Gasteiger partial charge in [-0.05, 0) is 50.3 Å². The van der Waals surface area contributed by atoms with Crippen LogP contribution >= 0.6 is 0 Å². The molecule has 1 aromatic carbocycles. The lowest BCUT2D eigenvalue weighted by Crippen LogP contribution is -2.39. The monoisotopic (exact) mass is 286 g/mol. The first-order valence-electron chi connectivity index (χ1n) is 7.35. The molecule has 0 spiro atoms. The summed E-state index contributed by atoms with van der Waals surface area (Å²) in [6.07, 6.45) is 3.56. The molecule has 2 aromatic rings. The number of benzene rings is 1. The lowest BCUT2D eigenvalue weighted by Gasteiger charge is -2.30. The zero-order chi connectivity index (χ0) is 14.8. The molecule has 0 saturated heterocycles. The van der Waals surface area contributed by atoms with Crippen molar-refractivity contribution in [2.45, 2.75) is 24.9 Å². The van der Waals surface area contributed by atoms with Crippen molar-refractivity contribution in [3.63, 3.8) is 0 Å². The average molecular weight is 286 g/mol. The van der Waals surface area contributed by atoms with Crippen molar-refractivity contribution < 1.29 is 0 Å². The maximum absolute atomic E-state index is 4.29. The highest BCUT2D eigenvalue weighted by molar-refractivity contribution is 5.59. The molecule has 0 amide bonds. The summed E-state index contributed by atoms with van der Waals surface area (Å²) in [5.74, 6) is 0. The first-order valence-corrected chi connectivity index (χ1v) is 7.35. The maximum atomic E-state index is 4.29. The third-order valence-electron chi connectivity index (χ3n) is 4.28. The fourth-order valence-corrected chi connectivity index (χ4v) is 3.14. The number of para-hydroxylation sites is 1. The molecular formula is C15H22N6. The quantitative estimate of drug-likeness (QED) is 0.827. The van der Waals surface area contributed by atoms with Crippen LogP contribution in [0.3, 0.4) is 0 Å². The molecule has 0 saturated carbocycles. The zero-order valence-corrected chi connectivity index (χ0v) is 12.8. The molecule has 6 heteroatoms. The number of likely N-dealkylation sites (N-methyl/N-ethyl adjacent to an activating group) is 1. The fourth-order valence-electron chi connectivity index (χ4n) is 3.14. The summed E-state index contributed by atoms with van der Waals surface area (Å²) < 4.78 is 0. The number of nitrogens with zero attached hydrogens (tertiary/aromatic N) is 6. The van der Waals surface area contributed by atoms with Gasteiger partial charge in [0.15, 0.2) is 6.33 Å². The van der Waals surface area contributed by atoms with Crippen molar-refractivity contribution in [2.75, 3.05) is 32.6 Å². The molecule has 3 rings (SSSR count). The molecule has 0 bridgehead atoms. The number of hydrogen-bond acceptors (Lipinski definition) is 5. The van der Waals surface area contributed by atoms with E-state index in [0.717, 1.165) is 19.4 Å². The van der Waals surface area contributed by atoms with E-state index in [1.54, 1.807) is 4.80 Å². The minimum absolute atomic E-state index is 0.229. The Hall–Kier alpha value is -1.95. The highest BCUT2D eigenvalue weighted by atomic mass is 15.6. The lowest BCUT2D eigenvalue weighted by molar-refractivity contribution is 0.276. The van der Waals surface area contributed by atoms with E-state index in [2.05, 4.69) is 70.6 Å². The molecule has 112 valence electrons. The van der Waals surface area contributed by atoms with Crippen molar-refractivity contribution in [3.05, 3.63) is 36.2 Å². The SMILES string of the molecule is CN(C)CCC(C1Cc2ccccc2N1C)n1ncnn1. The van der Waals surface area contributed by atoms with E-state index < -0.39 is 0 Å². The predicted molar refractivity (Wildman–Crippen MR) is 82.4 cm³/mol. The highest BCUT2D eigenvalue weighted by Gasteiger charge is 2.34. The molecule has 1 aromatic heterocycles. The molecule has 2 heterocycles. The minimum Gasteiger partial charge on any atom is -0.369 e. The molecule has 1 aliphatic rings. The van der Waals surface area contributed by atoms with Crippen LogP contribution in [-0.2, 0) is 6.42 Å². The second-order valence-corrected chi connectivity index (χ2v) is 5.93. The summed E-state index contributed by atoms with van der Waals surface area (Å²) in [6.45, 7) is 1.01. The van der Waals surface area contributed by atoms with Crippen LogP contribution in [0.2, 0.25) is 0 Å². The third kappa shape index (κ3) is 2.76. The summed E-state index contributed by atoms with van der Waals surface area (Å²) in [6, 6.07) is 9.21. The first kappa shape index (κ1) is 14.0. The maximum Gasteiger partial charge on any atom is 0.162 e. The van der Waals surface area contributed by atoms with Gasteiger partial charge in [-0.3, -0.25) is 0 Å². The molecule has 2 unspecified atom stereocenters. The van der Waals surface area contributed by atoms with Gasteiger partial charge in [-0.25, -0.2) is 0 Å². The van der Waals surface area contributed by atoms with Crippen LogP contribution in [0.5, 0.6) is 0 Å². The van der Waals surface area contributed by atoms with Gasteiger partial charge in [0.25, 0.3) is 0 Å². The van der Waals surface area contributed by atoms with Crippen molar-refractivity contribution in [1.29, 1.82) is 0 Å². The van der Waals surface area contributed by atoms with Crippen molar-refractivity contribution >= 4 is 5.69 Å². The van der Waals surface area contributed by atoms with Gasteiger partial charge in [-0.1, -0.05) is 18.2 Å². The van der Waals surface area contributed by atoms with Gasteiger partial charge in [0.05, 0.1) is 12.1 Å². The zero-order valence-electron chi connectivity index (χ0n) is 12.8. The van der Waals surface area contributed by atoms with Crippen LogP contribution in [0, 0.1) is 0 Å². The van der Waals surface area contributed by atoms with E-state index in [-0.39, 0.29) is 6.04 Å². The second-order valence-electron chi connectivity index (χ2n) is 5.93. The predicted octanol–water partition coefficient (Wildman–Crippen LogP) is 1.23. The van der Waals surface area contributed by atoms with Gasteiger partial charge >= 0.3 is 0 Å². The average Bonchev–Trinajstić information content (AvgIpc) is 3.09. The second kappa shape index (κ2) is 5.81. The molecule has 2 atom stereocenters. The molecule has 21 heavy (non-hydrogen) atoms. The summed E-state index contributed by atoms with van der Waals surface area (Å²) >= 11 is 0. The van der Waals surface area contributed by atoms with Crippen LogP contribution in [0.25, 0.3) is 0 Å². The fraction of sp³-hybridized carbons (Fsp3) is 0.533. The van der Waals surface area contributed by atoms with Gasteiger partial charge in [0.1, 0.15) is 0 Å². The van der Waals surface area contributed by atoms with E-state index in [0.29, 0.717) is 6.04 Å². The molecule has 6 nitrogen and oxygen atoms in total. The van der Waals surface area contributed by atoms with Crippen molar-refractivity contribution in [2.24, 2.45) is 0 Å². The van der Waals surface area contributed by atoms with Gasteiger partial charge in [0.2, 0.25) is 0 Å². The Bertz CT molecular complexity index is 580. The number of aromatic nitrogens is 4. The van der Waals surface area contributed by atoms with Crippen LogP contribution in [0.15, 0.2) is 30.6 Å². The summed E-state index contributed by atoms with van der Waals surface area (Å²) in [5.41, 5.74) is 2.72. The van der Waals surface area contributed by atoms with Crippen molar-refractivity contribution in [1.82, 2.24) is 25.1 Å². The summed E-state index contributed by atoms with van der Waals surface area (Å²) in [4.78, 5) is 6.33. The molecule has 0 fully saturated rings. The molecule has 0 N–H and O–H groups in total. The Morgan fingerprint density at radius 1 is 1.33 bits per heavy atom. The summed E-state index contributed by atoms with van der Waals surface area (Å²) in [7, 11) is 6.36. The van der Waals surface area contributed by atoms with Crippen molar-refractivity contribution in [3.8, 4) is 0 Å². The van der Waals surface area contributed by atoms with E-state index in [1.165, 1.54) is 17.6 Å². The smallest absolute Gasteiger partial charge is 0.162 e. The summed E-state index contributed by atoms with van der Waals surface area (Å²) in [5, 5.41) is 12.3. The Kier molecular flexibility index (Phi) is 3.88. The Labute approximate surface area is 125 Å². The lowest BCUT2D eigenvalue weighted by atomic mass is 10.0. The number of fused-ring (bicyclic) bond motifs is 1. The van der Waals surface area contributed by atoms with Crippen LogP contribution in [-0.4, -0.2) is 58.8 Å². The van der Waals surface area contributed by atoms with Gasteiger partial charge in [-0.2, -0.15) is 4.80 Å². The van der Waals surface area contributed by atoms with Gasteiger partial charge in [0, 0.05) is 12.7 Å². The Morgan fingerprint density at radius 2 is 2.14 bits per heavy atom. The van der Waals surface area contributed by atoms with E-state index in [9.17, 15) is 0 Å². The number of tetrazole rings is 1. The topological polar surface area (TPSA) is 50.1 Å². The minimum atomic E-state index is 0.229. The van der Waals surface area contributed by atoms with Crippen LogP contribution in [0.4, 0.5) is 5.69 Å².